The number of pyridine rings is 1. The molecule has 0 bridgehead atoms. The van der Waals surface area contributed by atoms with E-state index in [9.17, 15) is 9.59 Å². The van der Waals surface area contributed by atoms with E-state index >= 15 is 0 Å². The second-order valence-electron chi connectivity index (χ2n) is 6.65. The number of nitrogens with two attached hydrogens (primary N) is 3. The molecule has 1 aromatic heterocycles. The molecule has 6 N–H and O–H groups in total. The van der Waals surface area contributed by atoms with Crippen molar-refractivity contribution >= 4 is 28.3 Å². The molecule has 1 unspecified atom stereocenters. The van der Waals surface area contributed by atoms with Crippen LogP contribution in [0.1, 0.15) is 25.3 Å². The molecule has 1 aromatic carbocycles. The third-order valence-corrected chi connectivity index (χ3v) is 4.97. The summed E-state index contributed by atoms with van der Waals surface area (Å²) in [5, 5.41) is 1.84. The lowest BCUT2D eigenvalue weighted by atomic mass is 9.86. The molecule has 3 rings (SSSR count). The molecule has 0 saturated carbocycles. The molecular formula is C18H23N5O2. The van der Waals surface area contributed by atoms with Crippen LogP contribution in [0, 0.1) is 0 Å². The number of nitrogen functional groups attached to an aromatic ring is 1. The van der Waals surface area contributed by atoms with Crippen molar-refractivity contribution in [1.29, 1.82) is 0 Å². The zero-order valence-electron chi connectivity index (χ0n) is 14.2. The third kappa shape index (κ3) is 2.85. The molecule has 0 spiro atoms. The zero-order valence-corrected chi connectivity index (χ0v) is 14.2. The van der Waals surface area contributed by atoms with Crippen LogP contribution < -0.4 is 17.2 Å². The second-order valence-corrected chi connectivity index (χ2v) is 6.65. The van der Waals surface area contributed by atoms with Crippen LogP contribution in [0.3, 0.4) is 0 Å². The fourth-order valence-electron chi connectivity index (χ4n) is 3.71. The Bertz CT molecular complexity index is 835. The van der Waals surface area contributed by atoms with E-state index in [1.165, 1.54) is 0 Å². The van der Waals surface area contributed by atoms with Gasteiger partial charge in [-0.1, -0.05) is 12.1 Å². The molecular weight excluding hydrogens is 318 g/mol. The summed E-state index contributed by atoms with van der Waals surface area (Å²) in [4.78, 5) is 30.8. The number of primary amides is 1. The Kier molecular flexibility index (Phi) is 4.45. The van der Waals surface area contributed by atoms with E-state index < -0.39 is 17.5 Å². The molecule has 0 radical (unpaired) electrons. The molecule has 25 heavy (non-hydrogen) atoms. The molecule has 7 heteroatoms. The molecule has 0 aliphatic carbocycles. The van der Waals surface area contributed by atoms with Gasteiger partial charge in [-0.25, -0.2) is 4.98 Å². The average Bonchev–Trinajstić information content (AvgIpc) is 2.98. The highest BCUT2D eigenvalue weighted by atomic mass is 16.2. The van der Waals surface area contributed by atoms with E-state index in [0.29, 0.717) is 25.3 Å². The number of likely N-dealkylation sites (tertiary alicyclic amines) is 1. The van der Waals surface area contributed by atoms with Crippen molar-refractivity contribution in [2.75, 3.05) is 12.3 Å². The van der Waals surface area contributed by atoms with Crippen molar-refractivity contribution in [2.24, 2.45) is 11.5 Å². The number of fused-ring (bicyclic) bond motifs is 1. The van der Waals surface area contributed by atoms with Crippen LogP contribution in [0.5, 0.6) is 0 Å². The number of aromatic nitrogens is 1. The van der Waals surface area contributed by atoms with Gasteiger partial charge in [0.2, 0.25) is 5.91 Å². The number of Topliss-reactive ketones (excluding diaryl/α,β-unsaturated/α-hetero) is 1. The minimum Gasteiger partial charge on any atom is -0.383 e. The van der Waals surface area contributed by atoms with Gasteiger partial charge in [0.25, 0.3) is 0 Å². The normalized spacial score (nSPS) is 22.2. The van der Waals surface area contributed by atoms with Gasteiger partial charge in [-0.15, -0.1) is 0 Å². The van der Waals surface area contributed by atoms with Crippen molar-refractivity contribution in [3.63, 3.8) is 0 Å². The number of ketones is 1. The highest BCUT2D eigenvalue weighted by Crippen LogP contribution is 2.33. The zero-order chi connectivity index (χ0) is 18.2. The number of amides is 1. The van der Waals surface area contributed by atoms with Crippen molar-refractivity contribution < 1.29 is 9.59 Å². The van der Waals surface area contributed by atoms with Gasteiger partial charge in [0, 0.05) is 24.7 Å². The maximum atomic E-state index is 12.7. The predicted molar refractivity (Wildman–Crippen MR) is 96.4 cm³/mol. The smallest absolute Gasteiger partial charge is 0.245 e. The monoisotopic (exact) mass is 341 g/mol. The lowest BCUT2D eigenvalue weighted by Gasteiger charge is -2.35. The Morgan fingerprint density at radius 1 is 1.36 bits per heavy atom. The van der Waals surface area contributed by atoms with Gasteiger partial charge >= 0.3 is 0 Å². The van der Waals surface area contributed by atoms with Gasteiger partial charge in [-0.2, -0.15) is 0 Å². The van der Waals surface area contributed by atoms with E-state index in [2.05, 4.69) is 4.98 Å². The van der Waals surface area contributed by atoms with Crippen LogP contribution in [-0.2, 0) is 16.1 Å². The molecule has 2 heterocycles. The highest BCUT2D eigenvalue weighted by molar-refractivity contribution is 6.12. The van der Waals surface area contributed by atoms with Crippen molar-refractivity contribution in [3.8, 4) is 0 Å². The fraction of sp³-hybridized carbons (Fsp3) is 0.389. The van der Waals surface area contributed by atoms with Gasteiger partial charge in [0.1, 0.15) is 5.82 Å². The summed E-state index contributed by atoms with van der Waals surface area (Å²) in [6.45, 7) is 2.66. The Morgan fingerprint density at radius 2 is 2.12 bits per heavy atom. The van der Waals surface area contributed by atoms with Crippen LogP contribution in [0.15, 0.2) is 30.5 Å². The van der Waals surface area contributed by atoms with Crippen LogP contribution >= 0.6 is 0 Å². The van der Waals surface area contributed by atoms with Crippen LogP contribution in [-0.4, -0.2) is 39.7 Å². The Hall–Kier alpha value is -2.51. The van der Waals surface area contributed by atoms with Crippen LogP contribution in [0.4, 0.5) is 5.82 Å². The van der Waals surface area contributed by atoms with Crippen molar-refractivity contribution in [2.45, 2.75) is 37.9 Å². The number of hydrogen-bond acceptors (Lipinski definition) is 6. The number of carbonyl (C=O) groups is 2. The quantitative estimate of drug-likeness (QED) is 0.681. The number of carbonyl (C=O) groups excluding carboxylic acids is 2. The number of nitrogens with zero attached hydrogens (tertiary/aromatic N) is 2. The van der Waals surface area contributed by atoms with E-state index in [1.54, 1.807) is 13.1 Å². The molecule has 7 nitrogen and oxygen atoms in total. The first-order valence-corrected chi connectivity index (χ1v) is 8.34. The topological polar surface area (TPSA) is 128 Å². The van der Waals surface area contributed by atoms with Gasteiger partial charge in [0.15, 0.2) is 11.3 Å². The summed E-state index contributed by atoms with van der Waals surface area (Å²) >= 11 is 0. The summed E-state index contributed by atoms with van der Waals surface area (Å²) < 4.78 is 0. The first kappa shape index (κ1) is 17.3. The van der Waals surface area contributed by atoms with Crippen LogP contribution in [0.2, 0.25) is 0 Å². The average molecular weight is 341 g/mol. The Morgan fingerprint density at radius 3 is 2.80 bits per heavy atom. The lowest BCUT2D eigenvalue weighted by molar-refractivity contribution is -0.142. The SMILES string of the molecule is CC(N)C(=O)[C@@]1(C(N)=O)CCCN1Cc1ccc2c(N)nccc2c1. The van der Waals surface area contributed by atoms with E-state index in [4.69, 9.17) is 17.2 Å². The molecule has 1 aliphatic heterocycles. The number of benzene rings is 1. The summed E-state index contributed by atoms with van der Waals surface area (Å²) in [5.41, 5.74) is 17.0. The lowest BCUT2D eigenvalue weighted by Crippen LogP contribution is -2.62. The van der Waals surface area contributed by atoms with Crippen LogP contribution in [0.25, 0.3) is 10.8 Å². The minimum atomic E-state index is -1.32. The molecule has 132 valence electrons. The summed E-state index contributed by atoms with van der Waals surface area (Å²) in [6.07, 6.45) is 2.80. The summed E-state index contributed by atoms with van der Waals surface area (Å²) in [6, 6.07) is 6.97. The molecule has 1 aliphatic rings. The molecule has 2 atom stereocenters. The molecule has 2 aromatic rings. The van der Waals surface area contributed by atoms with Crippen molar-refractivity contribution in [1.82, 2.24) is 9.88 Å². The maximum Gasteiger partial charge on any atom is 0.245 e. The van der Waals surface area contributed by atoms with E-state index in [0.717, 1.165) is 22.8 Å². The number of hydrogen-bond donors (Lipinski definition) is 3. The highest BCUT2D eigenvalue weighted by Gasteiger charge is 2.52. The Labute approximate surface area is 146 Å². The fourth-order valence-corrected chi connectivity index (χ4v) is 3.71. The standard InChI is InChI=1S/C18H23N5O2/c1-11(19)15(24)18(17(21)25)6-2-8-23(18)10-12-3-4-14-13(9-12)5-7-22-16(14)20/h3-5,7,9,11H,2,6,8,10,19H2,1H3,(H2,20,22)(H2,21,25)/t11?,18-/m1/s1. The van der Waals surface area contributed by atoms with Gasteiger partial charge in [-0.05, 0) is 42.8 Å². The largest absolute Gasteiger partial charge is 0.383 e. The minimum absolute atomic E-state index is 0.313. The van der Waals surface area contributed by atoms with Gasteiger partial charge in [-0.3, -0.25) is 14.5 Å². The predicted octanol–water partition coefficient (Wildman–Crippen LogP) is 0.553. The van der Waals surface area contributed by atoms with E-state index in [1.807, 2.05) is 29.2 Å². The second kappa shape index (κ2) is 6.42. The van der Waals surface area contributed by atoms with E-state index in [-0.39, 0.29) is 5.78 Å². The summed E-state index contributed by atoms with van der Waals surface area (Å²) in [7, 11) is 0. The number of rotatable bonds is 5. The molecule has 1 amide bonds. The van der Waals surface area contributed by atoms with Crippen molar-refractivity contribution in [3.05, 3.63) is 36.0 Å². The van der Waals surface area contributed by atoms with Gasteiger partial charge in [0.05, 0.1) is 6.04 Å². The summed E-state index contributed by atoms with van der Waals surface area (Å²) in [5.74, 6) is -0.461. The molecule has 1 saturated heterocycles. The Balaban J connectivity index is 1.95. The third-order valence-electron chi connectivity index (χ3n) is 4.97. The first-order valence-electron chi connectivity index (χ1n) is 8.34. The molecule has 1 fully saturated rings. The maximum absolute atomic E-state index is 12.7. The first-order chi connectivity index (χ1) is 11.9. The van der Waals surface area contributed by atoms with Gasteiger partial charge < -0.3 is 17.2 Å². The number of anilines is 1.